The van der Waals surface area contributed by atoms with Crippen LogP contribution in [0.4, 0.5) is 0 Å². The number of hydrogen-bond acceptors (Lipinski definition) is 6. The second kappa shape index (κ2) is 10.1. The van der Waals surface area contributed by atoms with Crippen molar-refractivity contribution in [3.05, 3.63) is 71.4 Å². The first kappa shape index (κ1) is 23.7. The predicted octanol–water partition coefficient (Wildman–Crippen LogP) is 3.63. The van der Waals surface area contributed by atoms with Gasteiger partial charge in [-0.2, -0.15) is 0 Å². The average molecular weight is 460 g/mol. The molecule has 0 aliphatic rings. The molecule has 3 rings (SSSR count). The van der Waals surface area contributed by atoms with E-state index < -0.39 is 9.84 Å². The van der Waals surface area contributed by atoms with E-state index in [0.29, 0.717) is 24.4 Å². The molecule has 2 aromatic heterocycles. The van der Waals surface area contributed by atoms with E-state index >= 15 is 0 Å². The van der Waals surface area contributed by atoms with E-state index in [1.807, 2.05) is 45.0 Å². The number of ether oxygens (including phenoxy) is 1. The number of rotatable bonds is 10. The van der Waals surface area contributed by atoms with Gasteiger partial charge >= 0.3 is 0 Å². The molecular weight excluding hydrogens is 430 g/mol. The fraction of sp³-hybridized carbons (Fsp3) is 0.391. The van der Waals surface area contributed by atoms with Crippen molar-refractivity contribution in [2.45, 2.75) is 44.3 Å². The predicted molar refractivity (Wildman–Crippen MR) is 120 cm³/mol. The van der Waals surface area contributed by atoms with Gasteiger partial charge in [-0.1, -0.05) is 29.8 Å². The van der Waals surface area contributed by atoms with Crippen molar-refractivity contribution in [2.75, 3.05) is 20.3 Å². The Balaban J connectivity index is 1.91. The van der Waals surface area contributed by atoms with E-state index in [9.17, 15) is 13.2 Å². The van der Waals surface area contributed by atoms with Gasteiger partial charge in [0.15, 0.2) is 5.76 Å². The Morgan fingerprint density at radius 2 is 1.94 bits per heavy atom. The number of benzene rings is 1. The second-order valence-electron chi connectivity index (χ2n) is 7.94. The summed E-state index contributed by atoms with van der Waals surface area (Å²) in [5.74, 6) is -0.230. The summed E-state index contributed by atoms with van der Waals surface area (Å²) < 4.78 is 38.5. The number of nitrogens with zero attached hydrogens (tertiary/aromatic N) is 3. The number of imidazole rings is 1. The summed E-state index contributed by atoms with van der Waals surface area (Å²) >= 11 is 0. The Hall–Kier alpha value is -2.91. The van der Waals surface area contributed by atoms with E-state index in [1.165, 1.54) is 12.5 Å². The summed E-state index contributed by atoms with van der Waals surface area (Å²) in [5, 5.41) is 0.000198. The molecule has 0 saturated carbocycles. The molecule has 0 N–H and O–H groups in total. The third-order valence-corrected chi connectivity index (χ3v) is 6.62. The fourth-order valence-corrected chi connectivity index (χ4v) is 5.05. The molecule has 0 aliphatic heterocycles. The normalized spacial score (nSPS) is 11.8. The Labute approximate surface area is 188 Å². The fourth-order valence-electron chi connectivity index (χ4n) is 3.45. The molecule has 0 unspecified atom stereocenters. The lowest BCUT2D eigenvalue weighted by molar-refractivity contribution is 0.0643. The molecular formula is C23H29N3O5S. The van der Waals surface area contributed by atoms with Crippen LogP contribution >= 0.6 is 0 Å². The van der Waals surface area contributed by atoms with Crippen LogP contribution in [0, 0.1) is 6.92 Å². The number of hydrogen-bond donors (Lipinski definition) is 0. The van der Waals surface area contributed by atoms with Crippen molar-refractivity contribution >= 4 is 15.7 Å². The number of methoxy groups -OCH3 is 1. The summed E-state index contributed by atoms with van der Waals surface area (Å²) in [6.45, 7) is 6.57. The van der Waals surface area contributed by atoms with Gasteiger partial charge in [0.25, 0.3) is 5.91 Å². The number of carbonyl (C=O) groups excluding carboxylic acids is 1. The molecule has 1 aromatic carbocycles. The van der Waals surface area contributed by atoms with Gasteiger partial charge < -0.3 is 18.6 Å². The largest absolute Gasteiger partial charge is 0.459 e. The highest BCUT2D eigenvalue weighted by Crippen LogP contribution is 2.23. The summed E-state index contributed by atoms with van der Waals surface area (Å²) in [4.78, 5) is 18.7. The van der Waals surface area contributed by atoms with Gasteiger partial charge in [-0.25, -0.2) is 13.4 Å². The van der Waals surface area contributed by atoms with Crippen LogP contribution < -0.4 is 0 Å². The van der Waals surface area contributed by atoms with Gasteiger partial charge in [-0.15, -0.1) is 0 Å². The third-order valence-electron chi connectivity index (χ3n) is 5.05. The van der Waals surface area contributed by atoms with Crippen LogP contribution in [0.1, 0.15) is 47.3 Å². The molecule has 3 aromatic rings. The molecule has 32 heavy (non-hydrogen) atoms. The van der Waals surface area contributed by atoms with Crippen LogP contribution in [0.5, 0.6) is 0 Å². The standard InChI is InChI=1S/C23H29N3O5S/c1-17(2)26-20(15-25(11-13-30-4)22(27)21-6-5-12-31-21)14-24-23(26)32(28,29)16-19-9-7-18(3)8-10-19/h5-10,12,14,17H,11,13,15-16H2,1-4H3. The highest BCUT2D eigenvalue weighted by Gasteiger charge is 2.27. The average Bonchev–Trinajstić information content (AvgIpc) is 3.42. The first-order chi connectivity index (χ1) is 15.2. The maximum atomic E-state index is 13.2. The molecule has 0 radical (unpaired) electrons. The van der Waals surface area contributed by atoms with Crippen molar-refractivity contribution in [1.82, 2.24) is 14.5 Å². The number of aryl methyl sites for hydroxylation is 1. The molecule has 0 aliphatic carbocycles. The maximum Gasteiger partial charge on any atom is 0.289 e. The lowest BCUT2D eigenvalue weighted by Crippen LogP contribution is -2.34. The maximum absolute atomic E-state index is 13.2. The van der Waals surface area contributed by atoms with Gasteiger partial charge in [0, 0.05) is 19.7 Å². The minimum atomic E-state index is -3.69. The van der Waals surface area contributed by atoms with Gasteiger partial charge in [0.05, 0.1) is 37.1 Å². The van der Waals surface area contributed by atoms with Crippen LogP contribution in [0.25, 0.3) is 0 Å². The van der Waals surface area contributed by atoms with Crippen molar-refractivity contribution < 1.29 is 22.4 Å². The van der Waals surface area contributed by atoms with Gasteiger partial charge in [-0.3, -0.25) is 4.79 Å². The summed E-state index contributed by atoms with van der Waals surface area (Å²) in [5.41, 5.74) is 2.39. The van der Waals surface area contributed by atoms with Gasteiger partial charge in [0.2, 0.25) is 15.0 Å². The Morgan fingerprint density at radius 1 is 1.22 bits per heavy atom. The molecule has 9 heteroatoms. The van der Waals surface area contributed by atoms with Crippen LogP contribution in [-0.2, 0) is 26.9 Å². The van der Waals surface area contributed by atoms with Crippen LogP contribution in [0.2, 0.25) is 0 Å². The molecule has 0 spiro atoms. The first-order valence-electron chi connectivity index (χ1n) is 10.4. The minimum absolute atomic E-state index is 0.000198. The van der Waals surface area contributed by atoms with Crippen molar-refractivity contribution in [1.29, 1.82) is 0 Å². The van der Waals surface area contributed by atoms with Crippen molar-refractivity contribution in [3.8, 4) is 0 Å². The zero-order chi connectivity index (χ0) is 23.3. The SMILES string of the molecule is COCCN(Cc1cnc(S(=O)(=O)Cc2ccc(C)cc2)n1C(C)C)C(=O)c1ccco1. The number of amides is 1. The monoisotopic (exact) mass is 459 g/mol. The van der Waals surface area contributed by atoms with E-state index in [2.05, 4.69) is 4.98 Å². The molecule has 0 bridgehead atoms. The third kappa shape index (κ3) is 5.46. The smallest absolute Gasteiger partial charge is 0.289 e. The van der Waals surface area contributed by atoms with Gasteiger partial charge in [-0.05, 0) is 38.5 Å². The molecule has 2 heterocycles. The molecule has 0 fully saturated rings. The molecule has 172 valence electrons. The van der Waals surface area contributed by atoms with Crippen LogP contribution in [0.15, 0.2) is 58.4 Å². The zero-order valence-corrected chi connectivity index (χ0v) is 19.6. The molecule has 0 atom stereocenters. The van der Waals surface area contributed by atoms with Crippen LogP contribution in [0.3, 0.4) is 0 Å². The van der Waals surface area contributed by atoms with Crippen molar-refractivity contribution in [2.24, 2.45) is 0 Å². The Bertz CT molecular complexity index is 1130. The number of carbonyl (C=O) groups is 1. The highest BCUT2D eigenvalue weighted by atomic mass is 32.2. The highest BCUT2D eigenvalue weighted by molar-refractivity contribution is 7.90. The number of aromatic nitrogens is 2. The number of furan rings is 1. The molecule has 8 nitrogen and oxygen atoms in total. The lowest BCUT2D eigenvalue weighted by atomic mass is 10.2. The lowest BCUT2D eigenvalue weighted by Gasteiger charge is -2.23. The topological polar surface area (TPSA) is 94.6 Å². The summed E-state index contributed by atoms with van der Waals surface area (Å²) in [7, 11) is -2.13. The number of sulfone groups is 1. The Kier molecular flexibility index (Phi) is 7.52. The van der Waals surface area contributed by atoms with E-state index in [0.717, 1.165) is 5.56 Å². The van der Waals surface area contributed by atoms with Crippen molar-refractivity contribution in [3.63, 3.8) is 0 Å². The van der Waals surface area contributed by atoms with Gasteiger partial charge in [0.1, 0.15) is 0 Å². The molecule has 0 saturated heterocycles. The van der Waals surface area contributed by atoms with E-state index in [4.69, 9.17) is 9.15 Å². The van der Waals surface area contributed by atoms with E-state index in [1.54, 1.807) is 28.7 Å². The quantitative estimate of drug-likeness (QED) is 0.460. The minimum Gasteiger partial charge on any atom is -0.459 e. The van der Waals surface area contributed by atoms with Crippen LogP contribution in [-0.4, -0.2) is 49.0 Å². The zero-order valence-electron chi connectivity index (χ0n) is 18.8. The Morgan fingerprint density at radius 3 is 2.53 bits per heavy atom. The molecule has 1 amide bonds. The second-order valence-corrected chi connectivity index (χ2v) is 9.82. The summed E-state index contributed by atoms with van der Waals surface area (Å²) in [6, 6.07) is 10.5. The van der Waals surface area contributed by atoms with E-state index in [-0.39, 0.29) is 35.2 Å². The first-order valence-corrected chi connectivity index (χ1v) is 12.0. The summed E-state index contributed by atoms with van der Waals surface area (Å²) in [6.07, 6.45) is 2.97.